The zero-order chi connectivity index (χ0) is 14.8. The predicted octanol–water partition coefficient (Wildman–Crippen LogP) is 1.67. The van der Waals surface area contributed by atoms with Crippen LogP contribution in [-0.4, -0.2) is 39.0 Å². The number of rotatable bonds is 5. The van der Waals surface area contributed by atoms with Gasteiger partial charge in [0, 0.05) is 13.0 Å². The van der Waals surface area contributed by atoms with E-state index in [1.54, 1.807) is 0 Å². The molecule has 1 saturated heterocycles. The van der Waals surface area contributed by atoms with Crippen LogP contribution < -0.4 is 5.56 Å². The summed E-state index contributed by atoms with van der Waals surface area (Å²) < 4.78 is 0.666. The van der Waals surface area contributed by atoms with Crippen LogP contribution in [0.4, 0.5) is 0 Å². The summed E-state index contributed by atoms with van der Waals surface area (Å²) in [6.07, 6.45) is 1.96. The van der Waals surface area contributed by atoms with Crippen molar-refractivity contribution < 1.29 is 9.90 Å². The molecule has 0 aliphatic carbocycles. The summed E-state index contributed by atoms with van der Waals surface area (Å²) in [5, 5.41) is 10.6. The van der Waals surface area contributed by atoms with E-state index in [1.807, 2.05) is 11.4 Å². The third-order valence-corrected chi connectivity index (χ3v) is 4.78. The maximum absolute atomic E-state index is 11.9. The van der Waals surface area contributed by atoms with Crippen molar-refractivity contribution in [2.75, 3.05) is 13.1 Å². The number of fused-ring (bicyclic) bond motifs is 1. The summed E-state index contributed by atoms with van der Waals surface area (Å²) in [4.78, 5) is 32.0. The fraction of sp³-hybridized carbons (Fsp3) is 0.500. The van der Waals surface area contributed by atoms with E-state index in [0.717, 1.165) is 31.4 Å². The Bertz CT molecular complexity index is 709. The molecule has 3 heterocycles. The average molecular weight is 307 g/mol. The minimum Gasteiger partial charge on any atom is -0.481 e. The maximum Gasteiger partial charge on any atom is 0.303 e. The van der Waals surface area contributed by atoms with E-state index in [1.165, 1.54) is 11.3 Å². The third-order valence-electron chi connectivity index (χ3n) is 3.87. The van der Waals surface area contributed by atoms with Crippen molar-refractivity contribution in [1.82, 2.24) is 14.9 Å². The van der Waals surface area contributed by atoms with Gasteiger partial charge in [-0.15, -0.1) is 11.3 Å². The maximum atomic E-state index is 11.9. The molecular formula is C14H17N3O3S. The van der Waals surface area contributed by atoms with Crippen LogP contribution in [0.5, 0.6) is 0 Å². The van der Waals surface area contributed by atoms with Crippen LogP contribution in [0.2, 0.25) is 0 Å². The summed E-state index contributed by atoms with van der Waals surface area (Å²) in [7, 11) is 0. The highest BCUT2D eigenvalue weighted by Crippen LogP contribution is 2.22. The molecule has 1 aliphatic rings. The lowest BCUT2D eigenvalue weighted by Gasteiger charge is -2.15. The van der Waals surface area contributed by atoms with Gasteiger partial charge >= 0.3 is 5.97 Å². The van der Waals surface area contributed by atoms with Gasteiger partial charge in [0.1, 0.15) is 10.5 Å². The molecule has 1 atom stereocenters. The van der Waals surface area contributed by atoms with E-state index in [-0.39, 0.29) is 12.0 Å². The lowest BCUT2D eigenvalue weighted by Crippen LogP contribution is -2.23. The van der Waals surface area contributed by atoms with E-state index in [4.69, 9.17) is 5.11 Å². The number of carbonyl (C=O) groups is 1. The molecule has 1 aliphatic heterocycles. The normalized spacial score (nSPS) is 19.3. The van der Waals surface area contributed by atoms with Crippen LogP contribution in [0, 0.1) is 5.92 Å². The average Bonchev–Trinajstić information content (AvgIpc) is 3.05. The molecule has 7 heteroatoms. The van der Waals surface area contributed by atoms with Crippen molar-refractivity contribution in [3.05, 3.63) is 27.6 Å². The van der Waals surface area contributed by atoms with Crippen molar-refractivity contribution in [3.63, 3.8) is 0 Å². The standard InChI is InChI=1S/C14H17N3O3S/c18-12(19)2-1-9-3-5-17(7-9)8-11-15-10-4-6-21-13(10)14(20)16-11/h4,6,9H,1-3,5,7-8H2,(H,18,19)(H,15,16,20). The van der Waals surface area contributed by atoms with E-state index < -0.39 is 5.97 Å². The van der Waals surface area contributed by atoms with Gasteiger partial charge in [-0.05, 0) is 36.8 Å². The Labute approximate surface area is 125 Å². The first-order valence-corrected chi connectivity index (χ1v) is 7.90. The van der Waals surface area contributed by atoms with Crippen molar-refractivity contribution in [2.24, 2.45) is 5.92 Å². The van der Waals surface area contributed by atoms with Gasteiger partial charge in [0.15, 0.2) is 0 Å². The molecule has 21 heavy (non-hydrogen) atoms. The summed E-state index contributed by atoms with van der Waals surface area (Å²) in [5.74, 6) is 0.379. The summed E-state index contributed by atoms with van der Waals surface area (Å²) in [6.45, 7) is 2.42. The Morgan fingerprint density at radius 1 is 1.57 bits per heavy atom. The minimum atomic E-state index is -0.734. The number of H-pyrrole nitrogens is 1. The first kappa shape index (κ1) is 14.2. The van der Waals surface area contributed by atoms with Crippen LogP contribution in [0.25, 0.3) is 10.2 Å². The number of carboxylic acid groups (broad SMARTS) is 1. The van der Waals surface area contributed by atoms with Crippen LogP contribution in [0.3, 0.4) is 0 Å². The molecule has 0 saturated carbocycles. The van der Waals surface area contributed by atoms with Crippen LogP contribution in [-0.2, 0) is 11.3 Å². The summed E-state index contributed by atoms with van der Waals surface area (Å²) in [5.41, 5.74) is 0.673. The zero-order valence-electron chi connectivity index (χ0n) is 11.5. The predicted molar refractivity (Wildman–Crippen MR) is 80.5 cm³/mol. The van der Waals surface area contributed by atoms with Crippen molar-refractivity contribution >= 4 is 27.5 Å². The number of thiophene rings is 1. The lowest BCUT2D eigenvalue weighted by atomic mass is 10.0. The highest BCUT2D eigenvalue weighted by atomic mass is 32.1. The van der Waals surface area contributed by atoms with Gasteiger partial charge in [-0.1, -0.05) is 0 Å². The Hall–Kier alpha value is -1.73. The quantitative estimate of drug-likeness (QED) is 0.877. The summed E-state index contributed by atoms with van der Waals surface area (Å²) in [6, 6.07) is 1.86. The minimum absolute atomic E-state index is 0.0772. The van der Waals surface area contributed by atoms with Gasteiger partial charge in [-0.25, -0.2) is 4.98 Å². The van der Waals surface area contributed by atoms with Gasteiger partial charge in [0.2, 0.25) is 0 Å². The summed E-state index contributed by atoms with van der Waals surface area (Å²) >= 11 is 1.40. The van der Waals surface area contributed by atoms with Crippen molar-refractivity contribution in [1.29, 1.82) is 0 Å². The van der Waals surface area contributed by atoms with Gasteiger partial charge in [-0.2, -0.15) is 0 Å². The highest BCUT2D eigenvalue weighted by Gasteiger charge is 2.23. The van der Waals surface area contributed by atoms with Crippen LogP contribution in [0.15, 0.2) is 16.2 Å². The van der Waals surface area contributed by atoms with Crippen molar-refractivity contribution in [3.8, 4) is 0 Å². The molecule has 2 aromatic heterocycles. The van der Waals surface area contributed by atoms with Gasteiger partial charge in [0.25, 0.3) is 5.56 Å². The zero-order valence-corrected chi connectivity index (χ0v) is 12.4. The van der Waals surface area contributed by atoms with E-state index >= 15 is 0 Å². The second kappa shape index (κ2) is 5.95. The number of nitrogens with zero attached hydrogens (tertiary/aromatic N) is 2. The van der Waals surface area contributed by atoms with Gasteiger partial charge in [0.05, 0.1) is 12.1 Å². The first-order valence-electron chi connectivity index (χ1n) is 7.02. The van der Waals surface area contributed by atoms with E-state index in [9.17, 15) is 9.59 Å². The highest BCUT2D eigenvalue weighted by molar-refractivity contribution is 7.17. The van der Waals surface area contributed by atoms with Crippen LogP contribution in [0.1, 0.15) is 25.1 Å². The second-order valence-corrected chi connectivity index (χ2v) is 6.39. The fourth-order valence-electron chi connectivity index (χ4n) is 2.83. The molecule has 0 aromatic carbocycles. The third kappa shape index (κ3) is 3.30. The Balaban J connectivity index is 1.63. The number of hydrogen-bond acceptors (Lipinski definition) is 5. The molecular weight excluding hydrogens is 290 g/mol. The van der Waals surface area contributed by atoms with Crippen LogP contribution >= 0.6 is 11.3 Å². The number of aromatic nitrogens is 2. The second-order valence-electron chi connectivity index (χ2n) is 5.47. The largest absolute Gasteiger partial charge is 0.481 e. The monoisotopic (exact) mass is 307 g/mol. The molecule has 1 fully saturated rings. The Morgan fingerprint density at radius 2 is 2.43 bits per heavy atom. The molecule has 2 aromatic rings. The molecule has 6 nitrogen and oxygen atoms in total. The number of likely N-dealkylation sites (tertiary alicyclic amines) is 1. The molecule has 112 valence electrons. The SMILES string of the molecule is O=C(O)CCC1CCN(Cc2nc3ccsc3c(=O)[nH]2)C1. The fourth-order valence-corrected chi connectivity index (χ4v) is 3.55. The molecule has 0 radical (unpaired) electrons. The van der Waals surface area contributed by atoms with E-state index in [2.05, 4.69) is 14.9 Å². The molecule has 0 spiro atoms. The lowest BCUT2D eigenvalue weighted by molar-refractivity contribution is -0.137. The molecule has 2 N–H and O–H groups in total. The van der Waals surface area contributed by atoms with Gasteiger partial charge in [-0.3, -0.25) is 14.5 Å². The molecule has 3 rings (SSSR count). The number of nitrogens with one attached hydrogen (secondary N) is 1. The Morgan fingerprint density at radius 3 is 3.24 bits per heavy atom. The van der Waals surface area contributed by atoms with Crippen molar-refractivity contribution in [2.45, 2.75) is 25.8 Å². The topological polar surface area (TPSA) is 86.3 Å². The van der Waals surface area contributed by atoms with Gasteiger partial charge < -0.3 is 10.1 Å². The number of carboxylic acids is 1. The first-order chi connectivity index (χ1) is 10.1. The molecule has 0 amide bonds. The Kier molecular flexibility index (Phi) is 4.03. The van der Waals surface area contributed by atoms with E-state index in [0.29, 0.717) is 23.0 Å². The smallest absolute Gasteiger partial charge is 0.303 e. The molecule has 0 bridgehead atoms. The molecule has 1 unspecified atom stereocenters. The number of aromatic amines is 1. The number of hydrogen-bond donors (Lipinski definition) is 2. The number of aliphatic carboxylic acids is 1.